The van der Waals surface area contributed by atoms with Crippen molar-refractivity contribution < 1.29 is 4.52 Å². The van der Waals surface area contributed by atoms with E-state index in [9.17, 15) is 0 Å². The molecule has 0 aliphatic rings. The lowest BCUT2D eigenvalue weighted by atomic mass is 10.1. The molecule has 0 saturated heterocycles. The molecule has 4 nitrogen and oxygen atoms in total. The predicted molar refractivity (Wildman–Crippen MR) is 63.5 cm³/mol. The highest BCUT2D eigenvalue weighted by atomic mass is 35.5. The molecule has 0 bridgehead atoms. The summed E-state index contributed by atoms with van der Waals surface area (Å²) >= 11 is 7.40. The van der Waals surface area contributed by atoms with Gasteiger partial charge >= 0.3 is 0 Å². The number of halogens is 1. The fourth-order valence-electron chi connectivity index (χ4n) is 1.35. The lowest BCUT2D eigenvalue weighted by Gasteiger charge is -1.97. The van der Waals surface area contributed by atoms with Crippen molar-refractivity contribution in [1.29, 1.82) is 5.26 Å². The zero-order valence-electron chi connectivity index (χ0n) is 8.24. The van der Waals surface area contributed by atoms with Crippen molar-refractivity contribution in [2.45, 2.75) is 5.03 Å². The van der Waals surface area contributed by atoms with Gasteiger partial charge < -0.3 is 10.3 Å². The first-order chi connectivity index (χ1) is 7.77. The standard InChI is InChI=1S/C10H8ClN3OS/c11-7-1-2-8-9(6(7)5-13)10(14-15-8)16-4-3-12/h1-2H,3-4,12H2. The van der Waals surface area contributed by atoms with Crippen LogP contribution in [0.2, 0.25) is 5.02 Å². The van der Waals surface area contributed by atoms with Gasteiger partial charge in [-0.2, -0.15) is 5.26 Å². The summed E-state index contributed by atoms with van der Waals surface area (Å²) in [5.74, 6) is 0.721. The van der Waals surface area contributed by atoms with Gasteiger partial charge in [0.2, 0.25) is 0 Å². The van der Waals surface area contributed by atoms with Crippen molar-refractivity contribution >= 4 is 34.3 Å². The molecule has 0 radical (unpaired) electrons. The highest BCUT2D eigenvalue weighted by molar-refractivity contribution is 7.99. The minimum absolute atomic E-state index is 0.403. The number of thioether (sulfide) groups is 1. The van der Waals surface area contributed by atoms with Gasteiger partial charge in [-0.3, -0.25) is 0 Å². The number of nitrogens with two attached hydrogens (primary N) is 1. The summed E-state index contributed by atoms with van der Waals surface area (Å²) in [6.45, 7) is 0.543. The Kier molecular flexibility index (Phi) is 3.34. The summed E-state index contributed by atoms with van der Waals surface area (Å²) in [7, 11) is 0. The topological polar surface area (TPSA) is 75.8 Å². The summed E-state index contributed by atoms with van der Waals surface area (Å²) in [6.07, 6.45) is 0. The number of benzene rings is 1. The number of rotatable bonds is 3. The molecule has 0 spiro atoms. The minimum atomic E-state index is 0.403. The van der Waals surface area contributed by atoms with Crippen molar-refractivity contribution in [1.82, 2.24) is 5.16 Å². The first-order valence-corrected chi connectivity index (χ1v) is 5.95. The molecule has 0 amide bonds. The van der Waals surface area contributed by atoms with Gasteiger partial charge in [0, 0.05) is 12.3 Å². The van der Waals surface area contributed by atoms with E-state index < -0.39 is 0 Å². The first-order valence-electron chi connectivity index (χ1n) is 4.58. The highest BCUT2D eigenvalue weighted by Crippen LogP contribution is 2.33. The summed E-state index contributed by atoms with van der Waals surface area (Å²) in [5.41, 5.74) is 6.39. The van der Waals surface area contributed by atoms with E-state index in [0.717, 1.165) is 5.75 Å². The molecule has 1 aromatic heterocycles. The van der Waals surface area contributed by atoms with E-state index in [4.69, 9.17) is 27.1 Å². The molecular weight excluding hydrogens is 246 g/mol. The van der Waals surface area contributed by atoms with Gasteiger partial charge in [0.05, 0.1) is 16.0 Å². The maximum Gasteiger partial charge on any atom is 0.169 e. The Morgan fingerprint density at radius 2 is 2.38 bits per heavy atom. The van der Waals surface area contributed by atoms with Gasteiger partial charge in [-0.05, 0) is 12.1 Å². The van der Waals surface area contributed by atoms with Crippen LogP contribution < -0.4 is 5.73 Å². The molecule has 1 aromatic carbocycles. The van der Waals surface area contributed by atoms with Crippen LogP contribution in [0.1, 0.15) is 5.56 Å². The van der Waals surface area contributed by atoms with Crippen molar-refractivity contribution in [3.63, 3.8) is 0 Å². The zero-order valence-corrected chi connectivity index (χ0v) is 9.81. The number of hydrogen-bond acceptors (Lipinski definition) is 5. The number of aromatic nitrogens is 1. The largest absolute Gasteiger partial charge is 0.355 e. The molecule has 82 valence electrons. The normalized spacial score (nSPS) is 10.6. The maximum atomic E-state index is 9.05. The fourth-order valence-corrected chi connectivity index (χ4v) is 2.29. The SMILES string of the molecule is N#Cc1c(Cl)ccc2onc(SCCN)c12. The Morgan fingerprint density at radius 1 is 1.56 bits per heavy atom. The Hall–Kier alpha value is -1.22. The van der Waals surface area contributed by atoms with Crippen LogP contribution in [0, 0.1) is 11.3 Å². The monoisotopic (exact) mass is 253 g/mol. The first kappa shape index (κ1) is 11.3. The summed E-state index contributed by atoms with van der Waals surface area (Å²) in [5, 5.41) is 14.7. The molecule has 0 aliphatic carbocycles. The Labute approximate surface area is 101 Å². The molecule has 0 atom stereocenters. The van der Waals surface area contributed by atoms with Gasteiger partial charge in [-0.15, -0.1) is 11.8 Å². The average molecular weight is 254 g/mol. The number of hydrogen-bond donors (Lipinski definition) is 1. The van der Waals surface area contributed by atoms with Crippen molar-refractivity contribution in [2.75, 3.05) is 12.3 Å². The lowest BCUT2D eigenvalue weighted by molar-refractivity contribution is 0.437. The molecule has 2 aromatic rings. The summed E-state index contributed by atoms with van der Waals surface area (Å²) in [6, 6.07) is 5.40. The predicted octanol–water partition coefficient (Wildman–Crippen LogP) is 2.40. The second-order valence-electron chi connectivity index (χ2n) is 3.03. The molecule has 0 fully saturated rings. The molecule has 6 heteroatoms. The van der Waals surface area contributed by atoms with Gasteiger partial charge in [-0.1, -0.05) is 16.8 Å². The van der Waals surface area contributed by atoms with Gasteiger partial charge in [0.25, 0.3) is 0 Å². The molecule has 2 N–H and O–H groups in total. The Morgan fingerprint density at radius 3 is 3.06 bits per heavy atom. The second kappa shape index (κ2) is 4.74. The third kappa shape index (κ3) is 1.87. The third-order valence-electron chi connectivity index (χ3n) is 2.03. The molecule has 16 heavy (non-hydrogen) atoms. The van der Waals surface area contributed by atoms with E-state index in [2.05, 4.69) is 11.2 Å². The minimum Gasteiger partial charge on any atom is -0.355 e. The molecule has 1 heterocycles. The van der Waals surface area contributed by atoms with E-state index >= 15 is 0 Å². The second-order valence-corrected chi connectivity index (χ2v) is 4.52. The molecule has 0 saturated carbocycles. The lowest BCUT2D eigenvalue weighted by Crippen LogP contribution is -2.01. The van der Waals surface area contributed by atoms with Crippen LogP contribution in [0.4, 0.5) is 0 Å². The molecule has 0 aliphatic heterocycles. The summed E-state index contributed by atoms with van der Waals surface area (Å²) in [4.78, 5) is 0. The Balaban J connectivity index is 2.60. The van der Waals surface area contributed by atoms with Crippen molar-refractivity contribution in [3.8, 4) is 6.07 Å². The fraction of sp³-hybridized carbons (Fsp3) is 0.200. The van der Waals surface area contributed by atoms with Crippen LogP contribution in [0.5, 0.6) is 0 Å². The average Bonchev–Trinajstić information content (AvgIpc) is 2.70. The maximum absolute atomic E-state index is 9.05. The smallest absolute Gasteiger partial charge is 0.169 e. The van der Waals surface area contributed by atoms with E-state index in [1.165, 1.54) is 11.8 Å². The van der Waals surface area contributed by atoms with Crippen LogP contribution in [0.15, 0.2) is 21.7 Å². The Bertz CT molecular complexity index is 561. The van der Waals surface area contributed by atoms with E-state index in [1.54, 1.807) is 12.1 Å². The number of fused-ring (bicyclic) bond motifs is 1. The van der Waals surface area contributed by atoms with Crippen LogP contribution in [-0.4, -0.2) is 17.5 Å². The van der Waals surface area contributed by atoms with Gasteiger partial charge in [0.1, 0.15) is 11.1 Å². The van der Waals surface area contributed by atoms with E-state index in [0.29, 0.717) is 33.1 Å². The van der Waals surface area contributed by atoms with E-state index in [1.807, 2.05) is 0 Å². The highest BCUT2D eigenvalue weighted by Gasteiger charge is 2.15. The zero-order chi connectivity index (χ0) is 11.5. The summed E-state index contributed by atoms with van der Waals surface area (Å²) < 4.78 is 5.12. The van der Waals surface area contributed by atoms with Crippen molar-refractivity contribution in [3.05, 3.63) is 22.7 Å². The third-order valence-corrected chi connectivity index (χ3v) is 3.33. The molecule has 0 unspecified atom stereocenters. The number of nitrogens with zero attached hydrogens (tertiary/aromatic N) is 2. The van der Waals surface area contributed by atoms with Crippen LogP contribution in [-0.2, 0) is 0 Å². The molecular formula is C10H8ClN3OS. The van der Waals surface area contributed by atoms with Gasteiger partial charge in [0.15, 0.2) is 5.58 Å². The van der Waals surface area contributed by atoms with Crippen LogP contribution in [0.25, 0.3) is 11.0 Å². The van der Waals surface area contributed by atoms with E-state index in [-0.39, 0.29) is 0 Å². The van der Waals surface area contributed by atoms with Crippen LogP contribution >= 0.6 is 23.4 Å². The quantitative estimate of drug-likeness (QED) is 0.850. The van der Waals surface area contributed by atoms with Crippen LogP contribution in [0.3, 0.4) is 0 Å². The van der Waals surface area contributed by atoms with Gasteiger partial charge in [-0.25, -0.2) is 0 Å². The van der Waals surface area contributed by atoms with Crippen molar-refractivity contribution in [2.24, 2.45) is 5.73 Å². The molecule has 2 rings (SSSR count). The number of nitriles is 1.